The van der Waals surface area contributed by atoms with Gasteiger partial charge in [0.05, 0.1) is 0 Å². The molecule has 0 radical (unpaired) electrons. The van der Waals surface area contributed by atoms with E-state index in [1.54, 1.807) is 0 Å². The summed E-state index contributed by atoms with van der Waals surface area (Å²) in [6.45, 7) is 7.94. The molecule has 0 atom stereocenters. The van der Waals surface area contributed by atoms with Gasteiger partial charge in [-0.25, -0.2) is 9.38 Å². The Morgan fingerprint density at radius 2 is 1.74 bits per heavy atom. The van der Waals surface area contributed by atoms with E-state index in [0.29, 0.717) is 28.5 Å². The van der Waals surface area contributed by atoms with Gasteiger partial charge < -0.3 is 10.6 Å². The van der Waals surface area contributed by atoms with Crippen molar-refractivity contribution in [3.63, 3.8) is 0 Å². The lowest BCUT2D eigenvalue weighted by Gasteiger charge is -2.11. The van der Waals surface area contributed by atoms with Crippen molar-refractivity contribution in [2.45, 2.75) is 47.0 Å². The SMILES string of the molecule is CCCc1cc(=O)n2c(C(=O)Nc3ccc(CC)cc3)c(C(=O)Nc3cccc(C)c3C)sc2n1. The number of benzene rings is 2. The number of nitrogens with one attached hydrogen (secondary N) is 2. The zero-order chi connectivity index (χ0) is 25.1. The monoisotopic (exact) mass is 488 g/mol. The molecule has 0 aliphatic heterocycles. The van der Waals surface area contributed by atoms with Crippen LogP contribution < -0.4 is 16.2 Å². The van der Waals surface area contributed by atoms with E-state index in [-0.39, 0.29) is 16.1 Å². The van der Waals surface area contributed by atoms with Gasteiger partial charge in [-0.2, -0.15) is 0 Å². The Hall–Kier alpha value is -3.78. The fourth-order valence-corrected chi connectivity index (χ4v) is 4.89. The molecule has 0 bridgehead atoms. The minimum atomic E-state index is -0.543. The largest absolute Gasteiger partial charge is 0.321 e. The van der Waals surface area contributed by atoms with Crippen LogP contribution in [0.25, 0.3) is 4.96 Å². The van der Waals surface area contributed by atoms with Crippen LogP contribution >= 0.6 is 11.3 Å². The highest BCUT2D eigenvalue weighted by atomic mass is 32.1. The summed E-state index contributed by atoms with van der Waals surface area (Å²) in [6.07, 6.45) is 2.35. The second-order valence-corrected chi connectivity index (χ2v) is 9.42. The molecule has 0 saturated heterocycles. The van der Waals surface area contributed by atoms with E-state index in [9.17, 15) is 14.4 Å². The second-order valence-electron chi connectivity index (χ2n) is 8.44. The summed E-state index contributed by atoms with van der Waals surface area (Å²) in [5.74, 6) is -1.00. The molecule has 0 aliphatic carbocycles. The summed E-state index contributed by atoms with van der Waals surface area (Å²) in [5.41, 5.74) is 4.58. The van der Waals surface area contributed by atoms with Crippen LogP contribution in [-0.4, -0.2) is 21.2 Å². The van der Waals surface area contributed by atoms with Crippen LogP contribution in [0.5, 0.6) is 0 Å². The van der Waals surface area contributed by atoms with Crippen LogP contribution in [-0.2, 0) is 12.8 Å². The highest BCUT2D eigenvalue weighted by Crippen LogP contribution is 2.26. The van der Waals surface area contributed by atoms with Crippen LogP contribution in [0.15, 0.2) is 53.3 Å². The van der Waals surface area contributed by atoms with Crippen LogP contribution in [0.1, 0.15) is 62.8 Å². The highest BCUT2D eigenvalue weighted by Gasteiger charge is 2.27. The highest BCUT2D eigenvalue weighted by molar-refractivity contribution is 7.19. The van der Waals surface area contributed by atoms with Gasteiger partial charge in [0.15, 0.2) is 4.96 Å². The number of thiazole rings is 1. The zero-order valence-corrected chi connectivity index (χ0v) is 21.1. The molecule has 2 aromatic carbocycles. The minimum absolute atomic E-state index is 0.0204. The Labute approximate surface area is 207 Å². The summed E-state index contributed by atoms with van der Waals surface area (Å²) in [7, 11) is 0. The van der Waals surface area contributed by atoms with Crippen molar-refractivity contribution < 1.29 is 9.59 Å². The molecule has 2 N–H and O–H groups in total. The molecule has 180 valence electrons. The third-order valence-corrected chi connectivity index (χ3v) is 7.01. The molecular weight excluding hydrogens is 460 g/mol. The summed E-state index contributed by atoms with van der Waals surface area (Å²) in [5, 5.41) is 5.74. The number of hydrogen-bond acceptors (Lipinski definition) is 5. The average Bonchev–Trinajstić information content (AvgIpc) is 3.23. The Kier molecular flexibility index (Phi) is 7.12. The number of nitrogens with zero attached hydrogens (tertiary/aromatic N) is 2. The number of rotatable bonds is 7. The number of hydrogen-bond donors (Lipinski definition) is 2. The molecule has 35 heavy (non-hydrogen) atoms. The van der Waals surface area contributed by atoms with Gasteiger partial charge in [-0.3, -0.25) is 14.4 Å². The molecule has 0 fully saturated rings. The fourth-order valence-electron chi connectivity index (χ4n) is 3.84. The summed E-state index contributed by atoms with van der Waals surface area (Å²) in [6, 6.07) is 14.5. The second kappa shape index (κ2) is 10.2. The molecule has 0 saturated carbocycles. The minimum Gasteiger partial charge on any atom is -0.321 e. The van der Waals surface area contributed by atoms with Gasteiger partial charge in [-0.05, 0) is 61.6 Å². The van der Waals surface area contributed by atoms with E-state index in [0.717, 1.165) is 40.9 Å². The number of fused-ring (bicyclic) bond motifs is 1. The van der Waals surface area contributed by atoms with Gasteiger partial charge in [-0.1, -0.05) is 55.9 Å². The van der Waals surface area contributed by atoms with E-state index in [4.69, 9.17) is 0 Å². The topological polar surface area (TPSA) is 92.6 Å². The summed E-state index contributed by atoms with van der Waals surface area (Å²) >= 11 is 1.04. The predicted molar refractivity (Wildman–Crippen MR) is 141 cm³/mol. The molecule has 8 heteroatoms. The predicted octanol–water partition coefficient (Wildman–Crippen LogP) is 5.39. The molecule has 0 aliphatic rings. The molecule has 2 heterocycles. The van der Waals surface area contributed by atoms with Crippen molar-refractivity contribution in [1.29, 1.82) is 0 Å². The molecule has 7 nitrogen and oxygen atoms in total. The van der Waals surface area contributed by atoms with Gasteiger partial charge >= 0.3 is 0 Å². The van der Waals surface area contributed by atoms with Crippen molar-refractivity contribution >= 4 is 39.5 Å². The maximum Gasteiger partial charge on any atom is 0.274 e. The maximum absolute atomic E-state index is 13.4. The number of aryl methyl sites for hydroxylation is 3. The Balaban J connectivity index is 1.80. The van der Waals surface area contributed by atoms with Crippen molar-refractivity contribution in [2.75, 3.05) is 10.6 Å². The lowest BCUT2D eigenvalue weighted by atomic mass is 10.1. The fraction of sp³-hybridized carbons (Fsp3) is 0.259. The molecule has 2 aromatic heterocycles. The van der Waals surface area contributed by atoms with Gasteiger partial charge in [0.25, 0.3) is 17.4 Å². The number of amides is 2. The van der Waals surface area contributed by atoms with E-state index >= 15 is 0 Å². The normalized spacial score (nSPS) is 11.0. The Morgan fingerprint density at radius 3 is 2.43 bits per heavy atom. The lowest BCUT2D eigenvalue weighted by molar-refractivity contribution is 0.0989. The maximum atomic E-state index is 13.4. The first-order chi connectivity index (χ1) is 16.8. The van der Waals surface area contributed by atoms with Gasteiger partial charge in [0.1, 0.15) is 10.6 Å². The van der Waals surface area contributed by atoms with Crippen LogP contribution in [0.4, 0.5) is 11.4 Å². The van der Waals surface area contributed by atoms with Gasteiger partial charge in [0, 0.05) is 23.1 Å². The molecule has 0 unspecified atom stereocenters. The number of anilines is 2. The Morgan fingerprint density at radius 1 is 1.00 bits per heavy atom. The van der Waals surface area contributed by atoms with E-state index < -0.39 is 11.8 Å². The van der Waals surface area contributed by atoms with Crippen LogP contribution in [0.3, 0.4) is 0 Å². The lowest BCUT2D eigenvalue weighted by Crippen LogP contribution is -2.25. The van der Waals surface area contributed by atoms with Gasteiger partial charge in [-0.15, -0.1) is 0 Å². The Bertz CT molecular complexity index is 1470. The quantitative estimate of drug-likeness (QED) is 0.365. The van der Waals surface area contributed by atoms with Crippen molar-refractivity contribution in [1.82, 2.24) is 9.38 Å². The van der Waals surface area contributed by atoms with E-state index in [2.05, 4.69) is 22.5 Å². The van der Waals surface area contributed by atoms with E-state index in [1.807, 2.05) is 63.2 Å². The first kappa shape index (κ1) is 24.3. The van der Waals surface area contributed by atoms with Crippen LogP contribution in [0, 0.1) is 13.8 Å². The smallest absolute Gasteiger partial charge is 0.274 e. The van der Waals surface area contributed by atoms with E-state index in [1.165, 1.54) is 10.5 Å². The van der Waals surface area contributed by atoms with Crippen LogP contribution in [0.2, 0.25) is 0 Å². The molecule has 4 aromatic rings. The molecular formula is C27H28N4O3S. The zero-order valence-electron chi connectivity index (χ0n) is 20.3. The van der Waals surface area contributed by atoms with Crippen molar-refractivity contribution in [2.24, 2.45) is 0 Å². The third-order valence-electron chi connectivity index (χ3n) is 5.97. The number of carbonyl (C=O) groups is 2. The molecule has 4 rings (SSSR count). The summed E-state index contributed by atoms with van der Waals surface area (Å²) in [4.78, 5) is 44.9. The third kappa shape index (κ3) is 5.02. The van der Waals surface area contributed by atoms with Crippen molar-refractivity contribution in [3.05, 3.63) is 91.8 Å². The number of carbonyl (C=O) groups excluding carboxylic acids is 2. The standard InChI is InChI=1S/C27H28N4O3S/c1-5-8-20-15-22(32)31-23(25(33)28-19-13-11-18(6-2)12-14-19)24(35-27(31)29-20)26(34)30-21-10-7-9-16(3)17(21)4/h7,9-15H,5-6,8H2,1-4H3,(H,28,33)(H,30,34). The number of aromatic nitrogens is 2. The molecule has 2 amide bonds. The van der Waals surface area contributed by atoms with Crippen molar-refractivity contribution in [3.8, 4) is 0 Å². The average molecular weight is 489 g/mol. The summed E-state index contributed by atoms with van der Waals surface area (Å²) < 4.78 is 1.23. The first-order valence-electron chi connectivity index (χ1n) is 11.7. The van der Waals surface area contributed by atoms with Gasteiger partial charge in [0.2, 0.25) is 0 Å². The molecule has 0 spiro atoms. The first-order valence-corrected chi connectivity index (χ1v) is 12.5.